The molecule has 0 aliphatic carbocycles. The summed E-state index contributed by atoms with van der Waals surface area (Å²) in [6.45, 7) is -0.249. The summed E-state index contributed by atoms with van der Waals surface area (Å²) in [6, 6.07) is 9.83. The number of hydrogen-bond donors (Lipinski definition) is 1. The number of hydrogen-bond acceptors (Lipinski definition) is 4. The van der Waals surface area contributed by atoms with Gasteiger partial charge in [-0.25, -0.2) is 4.39 Å². The van der Waals surface area contributed by atoms with Crippen molar-refractivity contribution in [1.29, 1.82) is 0 Å². The van der Waals surface area contributed by atoms with Crippen molar-refractivity contribution in [2.75, 3.05) is 6.54 Å². The highest BCUT2D eigenvalue weighted by atomic mass is 19.4. The summed E-state index contributed by atoms with van der Waals surface area (Å²) in [7, 11) is 0. The number of aldehydes is 1. The smallest absolute Gasteiger partial charge is 0.374 e. The third kappa shape index (κ3) is 4.27. The van der Waals surface area contributed by atoms with Gasteiger partial charge in [-0.1, -0.05) is 41.6 Å². The standard InChI is InChI=1S/C24H15F7N2O3/c25-19-8-5-13(11-18(19)23(26,27)28)22(24(29,30)31)12-20(33-36-22)16-6-7-17(21(35)32-9-10-34)15-4-2-1-3-14(15)16/h1-8,10-11H,9,12H2,(H,32,35). The predicted molar refractivity (Wildman–Crippen MR) is 114 cm³/mol. The van der Waals surface area contributed by atoms with Gasteiger partial charge in [-0.05, 0) is 29.0 Å². The van der Waals surface area contributed by atoms with Crippen molar-refractivity contribution in [2.24, 2.45) is 5.16 Å². The van der Waals surface area contributed by atoms with Gasteiger partial charge in [0.15, 0.2) is 0 Å². The Bertz CT molecular complexity index is 1380. The van der Waals surface area contributed by atoms with Gasteiger partial charge in [-0.15, -0.1) is 0 Å². The fourth-order valence-corrected chi connectivity index (χ4v) is 4.02. The van der Waals surface area contributed by atoms with E-state index in [0.717, 1.165) is 0 Å². The monoisotopic (exact) mass is 512 g/mol. The number of carbonyl (C=O) groups excluding carboxylic acids is 2. The first-order valence-corrected chi connectivity index (χ1v) is 10.3. The molecule has 5 nitrogen and oxygen atoms in total. The van der Waals surface area contributed by atoms with Gasteiger partial charge in [-0.2, -0.15) is 26.3 Å². The molecule has 4 rings (SSSR count). The van der Waals surface area contributed by atoms with Crippen LogP contribution in [0.25, 0.3) is 10.8 Å². The van der Waals surface area contributed by atoms with Crippen molar-refractivity contribution in [3.8, 4) is 0 Å². The van der Waals surface area contributed by atoms with E-state index in [0.29, 0.717) is 29.2 Å². The fourth-order valence-electron chi connectivity index (χ4n) is 4.02. The minimum Gasteiger partial charge on any atom is -0.374 e. The number of rotatable bonds is 5. The molecule has 3 aromatic rings. The number of benzene rings is 3. The molecule has 1 N–H and O–H groups in total. The SMILES string of the molecule is O=CCNC(=O)c1ccc(C2=NOC(c3ccc(F)c(C(F)(F)F)c3)(C(F)(F)F)C2)c2ccccc12. The summed E-state index contributed by atoms with van der Waals surface area (Å²) in [5.74, 6) is -2.32. The van der Waals surface area contributed by atoms with E-state index in [9.17, 15) is 40.3 Å². The maximum Gasteiger partial charge on any atom is 0.435 e. The van der Waals surface area contributed by atoms with Crippen LogP contribution in [0.3, 0.4) is 0 Å². The van der Waals surface area contributed by atoms with Gasteiger partial charge in [0, 0.05) is 23.1 Å². The molecule has 1 aliphatic heterocycles. The van der Waals surface area contributed by atoms with Crippen molar-refractivity contribution in [3.63, 3.8) is 0 Å². The lowest BCUT2D eigenvalue weighted by Crippen LogP contribution is -2.43. The quantitative estimate of drug-likeness (QED) is 0.362. The van der Waals surface area contributed by atoms with Gasteiger partial charge < -0.3 is 14.9 Å². The van der Waals surface area contributed by atoms with Gasteiger partial charge in [0.1, 0.15) is 12.1 Å². The second kappa shape index (κ2) is 8.92. The minimum atomic E-state index is -5.23. The molecular weight excluding hydrogens is 497 g/mol. The zero-order chi connectivity index (χ0) is 26.3. The lowest BCUT2D eigenvalue weighted by Gasteiger charge is -2.30. The number of halogens is 7. The molecule has 0 bridgehead atoms. The summed E-state index contributed by atoms with van der Waals surface area (Å²) in [6.07, 6.45) is -11.0. The fraction of sp³-hybridized carbons (Fsp3) is 0.208. The maximum atomic E-state index is 14.3. The molecule has 36 heavy (non-hydrogen) atoms. The van der Waals surface area contributed by atoms with Crippen LogP contribution in [0.5, 0.6) is 0 Å². The predicted octanol–water partition coefficient (Wildman–Crippen LogP) is 5.51. The summed E-state index contributed by atoms with van der Waals surface area (Å²) in [5, 5.41) is 6.60. The molecule has 0 saturated carbocycles. The topological polar surface area (TPSA) is 67.8 Å². The zero-order valence-corrected chi connectivity index (χ0v) is 18.0. The van der Waals surface area contributed by atoms with E-state index in [1.807, 2.05) is 0 Å². The van der Waals surface area contributed by atoms with Crippen LogP contribution < -0.4 is 5.32 Å². The van der Waals surface area contributed by atoms with E-state index in [-0.39, 0.29) is 29.4 Å². The zero-order valence-electron chi connectivity index (χ0n) is 18.0. The summed E-state index contributed by atoms with van der Waals surface area (Å²) in [4.78, 5) is 27.8. The normalized spacial score (nSPS) is 18.0. The van der Waals surface area contributed by atoms with Crippen LogP contribution in [-0.4, -0.2) is 30.6 Å². The molecule has 12 heteroatoms. The number of nitrogens with zero attached hydrogens (tertiary/aromatic N) is 1. The van der Waals surface area contributed by atoms with Gasteiger partial charge in [0.2, 0.25) is 0 Å². The van der Waals surface area contributed by atoms with Gasteiger partial charge in [0.25, 0.3) is 11.5 Å². The second-order valence-electron chi connectivity index (χ2n) is 7.91. The lowest BCUT2D eigenvalue weighted by molar-refractivity contribution is -0.276. The van der Waals surface area contributed by atoms with Gasteiger partial charge >= 0.3 is 12.4 Å². The van der Waals surface area contributed by atoms with E-state index in [1.165, 1.54) is 24.3 Å². The molecule has 0 fully saturated rings. The van der Waals surface area contributed by atoms with Crippen LogP contribution in [0, 0.1) is 5.82 Å². The largest absolute Gasteiger partial charge is 0.435 e. The highest BCUT2D eigenvalue weighted by molar-refractivity contribution is 6.16. The Morgan fingerprint density at radius 2 is 1.72 bits per heavy atom. The molecule has 1 unspecified atom stereocenters. The first-order valence-electron chi connectivity index (χ1n) is 10.3. The van der Waals surface area contributed by atoms with Crippen molar-refractivity contribution in [1.82, 2.24) is 5.32 Å². The molecule has 1 aliphatic rings. The van der Waals surface area contributed by atoms with Crippen LogP contribution in [0.15, 0.2) is 59.8 Å². The Morgan fingerprint density at radius 3 is 2.36 bits per heavy atom. The molecule has 1 amide bonds. The van der Waals surface area contributed by atoms with Crippen molar-refractivity contribution < 1.29 is 45.2 Å². The molecule has 1 heterocycles. The van der Waals surface area contributed by atoms with E-state index in [2.05, 4.69) is 10.5 Å². The molecule has 0 saturated heterocycles. The van der Waals surface area contributed by atoms with Crippen LogP contribution in [-0.2, 0) is 21.4 Å². The third-order valence-corrected chi connectivity index (χ3v) is 5.75. The Hall–Kier alpha value is -3.96. The van der Waals surface area contributed by atoms with E-state index >= 15 is 0 Å². The Labute approximate surface area is 198 Å². The molecule has 188 valence electrons. The van der Waals surface area contributed by atoms with Crippen molar-refractivity contribution in [2.45, 2.75) is 24.4 Å². The van der Waals surface area contributed by atoms with E-state index in [4.69, 9.17) is 4.84 Å². The number of nitrogens with one attached hydrogen (secondary N) is 1. The van der Waals surface area contributed by atoms with E-state index < -0.39 is 47.2 Å². The first kappa shape index (κ1) is 25.1. The summed E-state index contributed by atoms with van der Waals surface area (Å²) < 4.78 is 96.1. The van der Waals surface area contributed by atoms with Crippen LogP contribution in [0.1, 0.15) is 33.5 Å². The van der Waals surface area contributed by atoms with Crippen molar-refractivity contribution >= 4 is 28.7 Å². The molecule has 1 atom stereocenters. The Kier molecular flexibility index (Phi) is 6.23. The second-order valence-corrected chi connectivity index (χ2v) is 7.91. The number of alkyl halides is 6. The molecule has 0 spiro atoms. The molecule has 0 aromatic heterocycles. The van der Waals surface area contributed by atoms with Crippen LogP contribution >= 0.6 is 0 Å². The van der Waals surface area contributed by atoms with Gasteiger partial charge in [0.05, 0.1) is 17.8 Å². The number of carbonyl (C=O) groups is 2. The third-order valence-electron chi connectivity index (χ3n) is 5.75. The Morgan fingerprint density at radius 1 is 1.03 bits per heavy atom. The summed E-state index contributed by atoms with van der Waals surface area (Å²) >= 11 is 0. The average Bonchev–Trinajstić information content (AvgIpc) is 3.28. The first-order chi connectivity index (χ1) is 16.9. The van der Waals surface area contributed by atoms with Gasteiger partial charge in [-0.3, -0.25) is 4.79 Å². The molecule has 0 radical (unpaired) electrons. The number of fused-ring (bicyclic) bond motifs is 1. The van der Waals surface area contributed by atoms with Crippen LogP contribution in [0.4, 0.5) is 30.7 Å². The molecular formula is C24H15F7N2O3. The average molecular weight is 512 g/mol. The Balaban J connectivity index is 1.79. The highest BCUT2D eigenvalue weighted by Crippen LogP contribution is 2.50. The number of amides is 1. The van der Waals surface area contributed by atoms with Crippen molar-refractivity contribution in [3.05, 3.63) is 82.7 Å². The highest BCUT2D eigenvalue weighted by Gasteiger charge is 2.62. The number of oxime groups is 1. The molecule has 3 aromatic carbocycles. The lowest BCUT2D eigenvalue weighted by atomic mass is 9.84. The summed E-state index contributed by atoms with van der Waals surface area (Å²) in [5.41, 5.74) is -6.06. The van der Waals surface area contributed by atoms with Crippen LogP contribution in [0.2, 0.25) is 0 Å². The maximum absolute atomic E-state index is 14.3. The van der Waals surface area contributed by atoms with E-state index in [1.54, 1.807) is 12.1 Å². The minimum absolute atomic E-state index is 0.0693.